The number of halogens is 3. The van der Waals surface area contributed by atoms with Crippen LogP contribution in [0.15, 0.2) is 42.5 Å². The lowest BCUT2D eigenvalue weighted by molar-refractivity contribution is -0.140. The van der Waals surface area contributed by atoms with Crippen LogP contribution in [-0.4, -0.2) is 54.1 Å². The summed E-state index contributed by atoms with van der Waals surface area (Å²) in [5.74, 6) is 6.01. The first-order chi connectivity index (χ1) is 18.5. The number of hydrogen-bond acceptors (Lipinski definition) is 5. The first-order valence-corrected chi connectivity index (χ1v) is 12.8. The number of aromatic nitrogens is 1. The lowest BCUT2D eigenvalue weighted by atomic mass is 9.83. The number of anilines is 2. The molecule has 0 aliphatic heterocycles. The summed E-state index contributed by atoms with van der Waals surface area (Å²) >= 11 is 0. The average molecular weight is 543 g/mol. The van der Waals surface area contributed by atoms with E-state index in [9.17, 15) is 23.1 Å². The number of nitrogens with zero attached hydrogens (tertiary/aromatic N) is 1. The molecule has 10 heteroatoms. The molecule has 39 heavy (non-hydrogen) atoms. The lowest BCUT2D eigenvalue weighted by Gasteiger charge is -2.34. The third kappa shape index (κ3) is 6.98. The van der Waals surface area contributed by atoms with Crippen molar-refractivity contribution in [3.8, 4) is 17.6 Å². The molecule has 3 aromatic rings. The highest BCUT2D eigenvalue weighted by atomic mass is 19.4. The molecule has 4 N–H and O–H groups in total. The fraction of sp³-hybridized carbons (Fsp3) is 0.414. The summed E-state index contributed by atoms with van der Waals surface area (Å²) in [5, 5.41) is 20.0. The molecule has 4 rings (SSSR count). The number of carbonyl (C=O) groups is 1. The third-order valence-electron chi connectivity index (χ3n) is 6.98. The molecule has 1 aliphatic carbocycles. The van der Waals surface area contributed by atoms with E-state index in [1.165, 1.54) is 18.7 Å². The number of methoxy groups -OCH3 is 1. The van der Waals surface area contributed by atoms with E-state index < -0.39 is 18.3 Å². The standard InChI is InChI=1S/C29H33F3N4O3/c1-28(38)13-11-20(12-14-28)35-23-7-4-8-25-22(23)17-21(36(25)18-29(30,31)32)6-5-15-34-24-10-9-19(27(37)33-2)16-26(24)39-3/h4,7-10,16-17,20,34-35,38H,11-15,18H2,1-3H3,(H,33,37)/t20-,28-. The minimum Gasteiger partial charge on any atom is -0.495 e. The van der Waals surface area contributed by atoms with Crippen molar-refractivity contribution in [2.24, 2.45) is 0 Å². The van der Waals surface area contributed by atoms with E-state index in [4.69, 9.17) is 4.74 Å². The summed E-state index contributed by atoms with van der Waals surface area (Å²) < 4.78 is 47.1. The highest BCUT2D eigenvalue weighted by Crippen LogP contribution is 2.34. The van der Waals surface area contributed by atoms with Crippen LogP contribution in [0.3, 0.4) is 0 Å². The molecule has 0 radical (unpaired) electrons. The maximum absolute atomic E-state index is 13.5. The van der Waals surface area contributed by atoms with Gasteiger partial charge in [-0.05, 0) is 74.9 Å². The van der Waals surface area contributed by atoms with Crippen molar-refractivity contribution in [1.82, 2.24) is 9.88 Å². The SMILES string of the molecule is CNC(=O)c1ccc(NCC#Cc2cc3c(N[C@H]4CC[C@](C)(O)CC4)cccc3n2CC(F)(F)F)c(OC)c1. The molecular formula is C29H33F3N4O3. The maximum atomic E-state index is 13.5. The van der Waals surface area contributed by atoms with Crippen LogP contribution < -0.4 is 20.7 Å². The summed E-state index contributed by atoms with van der Waals surface area (Å²) in [6, 6.07) is 12.0. The molecule has 0 saturated heterocycles. The van der Waals surface area contributed by atoms with Gasteiger partial charge in [-0.3, -0.25) is 4.79 Å². The van der Waals surface area contributed by atoms with E-state index in [0.717, 1.165) is 18.5 Å². The minimum absolute atomic E-state index is 0.130. The Labute approximate surface area is 225 Å². The van der Waals surface area contributed by atoms with Crippen LogP contribution in [0.2, 0.25) is 0 Å². The van der Waals surface area contributed by atoms with Crippen molar-refractivity contribution in [3.63, 3.8) is 0 Å². The van der Waals surface area contributed by atoms with E-state index in [2.05, 4.69) is 27.8 Å². The molecule has 1 fully saturated rings. The van der Waals surface area contributed by atoms with Gasteiger partial charge in [0.25, 0.3) is 5.91 Å². The Morgan fingerprint density at radius 2 is 1.92 bits per heavy atom. The minimum atomic E-state index is -4.42. The Morgan fingerprint density at radius 1 is 1.18 bits per heavy atom. The van der Waals surface area contributed by atoms with E-state index in [-0.39, 0.29) is 24.2 Å². The Balaban J connectivity index is 1.57. The lowest BCUT2D eigenvalue weighted by Crippen LogP contribution is -2.35. The Hall–Kier alpha value is -3.84. The van der Waals surface area contributed by atoms with Crippen LogP contribution in [0.4, 0.5) is 24.5 Å². The van der Waals surface area contributed by atoms with E-state index in [1.54, 1.807) is 36.4 Å². The van der Waals surface area contributed by atoms with Crippen molar-refractivity contribution < 1.29 is 27.8 Å². The summed E-state index contributed by atoms with van der Waals surface area (Å²) in [4.78, 5) is 11.9. The molecule has 1 heterocycles. The molecule has 1 aliphatic rings. The molecule has 0 bridgehead atoms. The summed E-state index contributed by atoms with van der Waals surface area (Å²) in [5.41, 5.74) is 1.82. The second kappa shape index (κ2) is 11.5. The number of carbonyl (C=O) groups excluding carboxylic acids is 1. The van der Waals surface area contributed by atoms with Crippen LogP contribution >= 0.6 is 0 Å². The van der Waals surface area contributed by atoms with E-state index in [1.807, 2.05) is 13.0 Å². The van der Waals surface area contributed by atoms with Crippen molar-refractivity contribution in [2.45, 2.75) is 57.0 Å². The van der Waals surface area contributed by atoms with Gasteiger partial charge in [-0.25, -0.2) is 0 Å². The molecule has 0 spiro atoms. The molecular weight excluding hydrogens is 509 g/mol. The van der Waals surface area contributed by atoms with E-state index >= 15 is 0 Å². The third-order valence-corrected chi connectivity index (χ3v) is 6.98. The average Bonchev–Trinajstić information content (AvgIpc) is 3.24. The summed E-state index contributed by atoms with van der Waals surface area (Å²) in [6.07, 6.45) is -1.53. The Kier molecular flexibility index (Phi) is 8.31. The van der Waals surface area contributed by atoms with Gasteiger partial charge in [0.05, 0.1) is 36.2 Å². The molecule has 7 nitrogen and oxygen atoms in total. The number of fused-ring (bicyclic) bond motifs is 1. The van der Waals surface area contributed by atoms with Gasteiger partial charge in [-0.1, -0.05) is 12.0 Å². The maximum Gasteiger partial charge on any atom is 0.406 e. The molecule has 0 unspecified atom stereocenters. The molecule has 208 valence electrons. The van der Waals surface area contributed by atoms with Gasteiger partial charge < -0.3 is 30.4 Å². The summed E-state index contributed by atoms with van der Waals surface area (Å²) in [6.45, 7) is 0.825. The topological polar surface area (TPSA) is 87.5 Å². The zero-order valence-electron chi connectivity index (χ0n) is 22.2. The second-order valence-electron chi connectivity index (χ2n) is 10.0. The molecule has 1 amide bonds. The van der Waals surface area contributed by atoms with Gasteiger partial charge in [-0.2, -0.15) is 13.2 Å². The number of aliphatic hydroxyl groups is 1. The van der Waals surface area contributed by atoms with Gasteiger partial charge in [0.15, 0.2) is 0 Å². The first kappa shape index (κ1) is 28.2. The Bertz CT molecular complexity index is 1390. The van der Waals surface area contributed by atoms with Crippen LogP contribution in [0.1, 0.15) is 48.7 Å². The number of hydrogen-bond donors (Lipinski definition) is 4. The van der Waals surface area contributed by atoms with Gasteiger partial charge in [0.2, 0.25) is 0 Å². The molecule has 0 atom stereocenters. The number of ether oxygens (including phenoxy) is 1. The van der Waals surface area contributed by atoms with Crippen molar-refractivity contribution >= 4 is 28.2 Å². The number of amides is 1. The number of nitrogens with one attached hydrogen (secondary N) is 3. The fourth-order valence-electron chi connectivity index (χ4n) is 4.86. The first-order valence-electron chi connectivity index (χ1n) is 12.8. The fourth-order valence-corrected chi connectivity index (χ4v) is 4.86. The molecule has 1 saturated carbocycles. The van der Waals surface area contributed by atoms with Crippen LogP contribution in [0, 0.1) is 11.8 Å². The largest absolute Gasteiger partial charge is 0.495 e. The van der Waals surface area contributed by atoms with Gasteiger partial charge in [-0.15, -0.1) is 0 Å². The number of alkyl halides is 3. The van der Waals surface area contributed by atoms with Gasteiger partial charge >= 0.3 is 6.18 Å². The number of benzene rings is 2. The highest BCUT2D eigenvalue weighted by Gasteiger charge is 2.31. The van der Waals surface area contributed by atoms with Crippen LogP contribution in [0.5, 0.6) is 5.75 Å². The molecule has 2 aromatic carbocycles. The molecule has 1 aromatic heterocycles. The quantitative estimate of drug-likeness (QED) is 0.311. The van der Waals surface area contributed by atoms with E-state index in [0.29, 0.717) is 40.7 Å². The summed E-state index contributed by atoms with van der Waals surface area (Å²) in [7, 11) is 3.02. The predicted molar refractivity (Wildman–Crippen MR) is 146 cm³/mol. The smallest absolute Gasteiger partial charge is 0.406 e. The van der Waals surface area contributed by atoms with Gasteiger partial charge in [0, 0.05) is 29.7 Å². The normalized spacial score (nSPS) is 19.2. The predicted octanol–water partition coefficient (Wildman–Crippen LogP) is 5.14. The van der Waals surface area contributed by atoms with Crippen molar-refractivity contribution in [1.29, 1.82) is 0 Å². The second-order valence-corrected chi connectivity index (χ2v) is 10.0. The number of rotatable bonds is 7. The van der Waals surface area contributed by atoms with Crippen molar-refractivity contribution in [2.75, 3.05) is 31.3 Å². The van der Waals surface area contributed by atoms with Crippen LogP contribution in [-0.2, 0) is 6.54 Å². The Morgan fingerprint density at radius 3 is 2.59 bits per heavy atom. The zero-order valence-corrected chi connectivity index (χ0v) is 22.2. The highest BCUT2D eigenvalue weighted by molar-refractivity contribution is 5.95. The van der Waals surface area contributed by atoms with Crippen LogP contribution in [0.25, 0.3) is 10.9 Å². The zero-order chi connectivity index (χ0) is 28.2. The monoisotopic (exact) mass is 542 g/mol. The van der Waals surface area contributed by atoms with Gasteiger partial charge in [0.1, 0.15) is 12.3 Å². The van der Waals surface area contributed by atoms with Crippen molar-refractivity contribution in [3.05, 3.63) is 53.7 Å².